The van der Waals surface area contributed by atoms with Crippen LogP contribution >= 0.6 is 11.6 Å². The van der Waals surface area contributed by atoms with Crippen LogP contribution in [0.25, 0.3) is 0 Å². The molecule has 2 aliphatic rings. The molecular weight excluding hydrogens is 240 g/mol. The van der Waals surface area contributed by atoms with Crippen molar-refractivity contribution in [3.05, 3.63) is 0 Å². The standard InChI is InChI=1S/C12H19ClN2O2/c1-10(16)15-7-4-12(9-15)2-5-14(6-3-12)11(17)8-13/h2-9H2,1H3. The molecule has 0 aliphatic carbocycles. The Morgan fingerprint density at radius 3 is 2.06 bits per heavy atom. The quantitative estimate of drug-likeness (QED) is 0.661. The van der Waals surface area contributed by atoms with Gasteiger partial charge < -0.3 is 9.80 Å². The fourth-order valence-electron chi connectivity index (χ4n) is 2.93. The van der Waals surface area contributed by atoms with Gasteiger partial charge in [-0.25, -0.2) is 0 Å². The Kier molecular flexibility index (Phi) is 3.61. The first-order valence-corrected chi connectivity index (χ1v) is 6.69. The van der Waals surface area contributed by atoms with Crippen molar-refractivity contribution in [1.82, 2.24) is 9.80 Å². The predicted octanol–water partition coefficient (Wildman–Crippen LogP) is 1.09. The second-order valence-electron chi connectivity index (χ2n) is 5.20. The molecule has 0 aromatic carbocycles. The van der Waals surface area contributed by atoms with Crippen molar-refractivity contribution in [2.75, 3.05) is 32.1 Å². The monoisotopic (exact) mass is 258 g/mol. The highest BCUT2D eigenvalue weighted by molar-refractivity contribution is 6.27. The van der Waals surface area contributed by atoms with Crippen LogP contribution in [-0.4, -0.2) is 53.7 Å². The van der Waals surface area contributed by atoms with E-state index in [0.717, 1.165) is 45.4 Å². The Balaban J connectivity index is 1.91. The summed E-state index contributed by atoms with van der Waals surface area (Å²) in [7, 11) is 0. The van der Waals surface area contributed by atoms with Crippen molar-refractivity contribution in [1.29, 1.82) is 0 Å². The number of nitrogens with zero attached hydrogens (tertiary/aromatic N) is 2. The lowest BCUT2D eigenvalue weighted by Gasteiger charge is -2.39. The molecule has 0 atom stereocenters. The van der Waals surface area contributed by atoms with Crippen LogP contribution in [0.1, 0.15) is 26.2 Å². The highest BCUT2D eigenvalue weighted by atomic mass is 35.5. The summed E-state index contributed by atoms with van der Waals surface area (Å²) in [5, 5.41) is 0. The normalized spacial score (nSPS) is 23.2. The van der Waals surface area contributed by atoms with E-state index in [4.69, 9.17) is 11.6 Å². The number of likely N-dealkylation sites (tertiary alicyclic amines) is 2. The van der Waals surface area contributed by atoms with Crippen LogP contribution in [0.5, 0.6) is 0 Å². The molecule has 2 saturated heterocycles. The third-order valence-electron chi connectivity index (χ3n) is 4.17. The van der Waals surface area contributed by atoms with E-state index in [2.05, 4.69) is 0 Å². The number of carbonyl (C=O) groups is 2. The minimum absolute atomic E-state index is 0.0305. The van der Waals surface area contributed by atoms with Gasteiger partial charge in [-0.1, -0.05) is 0 Å². The van der Waals surface area contributed by atoms with Gasteiger partial charge in [0.25, 0.3) is 0 Å². The van der Waals surface area contributed by atoms with E-state index in [9.17, 15) is 9.59 Å². The molecule has 96 valence electrons. The van der Waals surface area contributed by atoms with E-state index < -0.39 is 0 Å². The summed E-state index contributed by atoms with van der Waals surface area (Å²) in [4.78, 5) is 26.6. The average molecular weight is 259 g/mol. The molecule has 0 saturated carbocycles. The van der Waals surface area contributed by atoms with Crippen LogP contribution in [0.4, 0.5) is 0 Å². The number of hydrogen-bond donors (Lipinski definition) is 0. The third kappa shape index (κ3) is 2.57. The molecule has 2 rings (SSSR count). The fourth-order valence-corrected chi connectivity index (χ4v) is 3.10. The number of hydrogen-bond acceptors (Lipinski definition) is 2. The molecule has 2 heterocycles. The second kappa shape index (κ2) is 4.84. The maximum atomic E-state index is 11.5. The van der Waals surface area contributed by atoms with Crippen molar-refractivity contribution in [2.45, 2.75) is 26.2 Å². The summed E-state index contributed by atoms with van der Waals surface area (Å²) in [6, 6.07) is 0. The zero-order valence-corrected chi connectivity index (χ0v) is 11.0. The van der Waals surface area contributed by atoms with Gasteiger partial charge in [0.1, 0.15) is 5.88 Å². The van der Waals surface area contributed by atoms with Crippen LogP contribution in [0.2, 0.25) is 0 Å². The van der Waals surface area contributed by atoms with E-state index >= 15 is 0 Å². The van der Waals surface area contributed by atoms with Crippen LogP contribution in [0.15, 0.2) is 0 Å². The molecule has 0 aromatic heterocycles. The van der Waals surface area contributed by atoms with Crippen LogP contribution in [-0.2, 0) is 9.59 Å². The van der Waals surface area contributed by atoms with Crippen molar-refractivity contribution >= 4 is 23.4 Å². The maximum Gasteiger partial charge on any atom is 0.237 e. The first-order valence-electron chi connectivity index (χ1n) is 6.16. The molecule has 0 bridgehead atoms. The zero-order chi connectivity index (χ0) is 12.5. The smallest absolute Gasteiger partial charge is 0.237 e. The van der Waals surface area contributed by atoms with Crippen LogP contribution in [0, 0.1) is 5.41 Å². The van der Waals surface area contributed by atoms with Gasteiger partial charge in [0.2, 0.25) is 11.8 Å². The first-order chi connectivity index (χ1) is 8.06. The minimum atomic E-state index is 0.0305. The number of carbonyl (C=O) groups excluding carboxylic acids is 2. The lowest BCUT2D eigenvalue weighted by Crippen LogP contribution is -2.45. The molecule has 4 nitrogen and oxygen atoms in total. The molecule has 5 heteroatoms. The molecule has 1 spiro atoms. The molecule has 2 amide bonds. The Bertz CT molecular complexity index is 324. The molecule has 2 aliphatic heterocycles. The number of alkyl halides is 1. The lowest BCUT2D eigenvalue weighted by atomic mass is 9.78. The Hall–Kier alpha value is -0.770. The highest BCUT2D eigenvalue weighted by Crippen LogP contribution is 2.40. The molecule has 2 fully saturated rings. The van der Waals surface area contributed by atoms with Crippen molar-refractivity contribution in [3.63, 3.8) is 0 Å². The van der Waals surface area contributed by atoms with Gasteiger partial charge in [0, 0.05) is 33.1 Å². The van der Waals surface area contributed by atoms with E-state index in [1.807, 2.05) is 9.80 Å². The summed E-state index contributed by atoms with van der Waals surface area (Å²) >= 11 is 5.56. The van der Waals surface area contributed by atoms with Gasteiger partial charge in [0.15, 0.2) is 0 Å². The lowest BCUT2D eigenvalue weighted by molar-refractivity contribution is -0.132. The average Bonchev–Trinajstić information content (AvgIpc) is 2.74. The van der Waals surface area contributed by atoms with Crippen molar-refractivity contribution < 1.29 is 9.59 Å². The second-order valence-corrected chi connectivity index (χ2v) is 5.47. The van der Waals surface area contributed by atoms with Crippen molar-refractivity contribution in [2.24, 2.45) is 5.41 Å². The minimum Gasteiger partial charge on any atom is -0.342 e. The zero-order valence-electron chi connectivity index (χ0n) is 10.2. The fraction of sp³-hybridized carbons (Fsp3) is 0.833. The molecule has 17 heavy (non-hydrogen) atoms. The molecular formula is C12H19ClN2O2. The van der Waals surface area contributed by atoms with E-state index in [1.54, 1.807) is 6.92 Å². The summed E-state index contributed by atoms with van der Waals surface area (Å²) < 4.78 is 0. The maximum absolute atomic E-state index is 11.5. The molecule has 0 N–H and O–H groups in total. The first kappa shape index (κ1) is 12.7. The predicted molar refractivity (Wildman–Crippen MR) is 65.8 cm³/mol. The Labute approximate surface area is 107 Å². The number of rotatable bonds is 1. The number of piperidine rings is 1. The summed E-state index contributed by atoms with van der Waals surface area (Å²) in [5.41, 5.74) is 0.259. The highest BCUT2D eigenvalue weighted by Gasteiger charge is 2.41. The summed E-state index contributed by atoms with van der Waals surface area (Å²) in [6.45, 7) is 4.95. The van der Waals surface area contributed by atoms with Gasteiger partial charge in [0.05, 0.1) is 0 Å². The van der Waals surface area contributed by atoms with Crippen LogP contribution in [0.3, 0.4) is 0 Å². The number of halogens is 1. The topological polar surface area (TPSA) is 40.6 Å². The van der Waals surface area contributed by atoms with Gasteiger partial charge in [-0.2, -0.15) is 0 Å². The van der Waals surface area contributed by atoms with E-state index in [-0.39, 0.29) is 23.1 Å². The van der Waals surface area contributed by atoms with E-state index in [1.165, 1.54) is 0 Å². The molecule has 0 aromatic rings. The Morgan fingerprint density at radius 1 is 1.12 bits per heavy atom. The summed E-state index contributed by atoms with van der Waals surface area (Å²) in [6.07, 6.45) is 3.08. The van der Waals surface area contributed by atoms with Crippen molar-refractivity contribution in [3.8, 4) is 0 Å². The SMILES string of the molecule is CC(=O)N1CCC2(CCN(C(=O)CCl)CC2)C1. The molecule has 0 radical (unpaired) electrons. The van der Waals surface area contributed by atoms with Gasteiger partial charge in [-0.3, -0.25) is 9.59 Å². The van der Waals surface area contributed by atoms with Gasteiger partial charge in [-0.05, 0) is 24.7 Å². The van der Waals surface area contributed by atoms with E-state index in [0.29, 0.717) is 0 Å². The van der Waals surface area contributed by atoms with Gasteiger partial charge >= 0.3 is 0 Å². The Morgan fingerprint density at radius 2 is 1.65 bits per heavy atom. The van der Waals surface area contributed by atoms with Crippen LogP contribution < -0.4 is 0 Å². The molecule has 0 unspecified atom stereocenters. The largest absolute Gasteiger partial charge is 0.342 e. The third-order valence-corrected chi connectivity index (χ3v) is 4.40. The summed E-state index contributed by atoms with van der Waals surface area (Å²) in [5.74, 6) is 0.274. The van der Waals surface area contributed by atoms with Gasteiger partial charge in [-0.15, -0.1) is 11.6 Å². The number of amides is 2.